The predicted octanol–water partition coefficient (Wildman–Crippen LogP) is 5.47. The van der Waals surface area contributed by atoms with Gasteiger partial charge in [0.05, 0.1) is 6.54 Å². The molecule has 0 amide bonds. The third-order valence-electron chi connectivity index (χ3n) is 5.50. The zero-order valence-corrected chi connectivity index (χ0v) is 15.7. The lowest BCUT2D eigenvalue weighted by atomic mass is 9.84. The van der Waals surface area contributed by atoms with Crippen LogP contribution in [0.15, 0.2) is 39.8 Å². The lowest BCUT2D eigenvalue weighted by Gasteiger charge is -2.22. The van der Waals surface area contributed by atoms with Gasteiger partial charge in [-0.15, -0.1) is 0 Å². The molecule has 1 heterocycles. The van der Waals surface area contributed by atoms with E-state index in [1.165, 1.54) is 66.8 Å². The Bertz CT molecular complexity index is 760. The summed E-state index contributed by atoms with van der Waals surface area (Å²) in [7, 11) is 0. The normalized spacial score (nSPS) is 18.6. The number of nitrogens with zero attached hydrogens (tertiary/aromatic N) is 1. The molecular weight excluding hydrogens is 360 g/mol. The van der Waals surface area contributed by atoms with E-state index in [9.17, 15) is 0 Å². The number of benzene rings is 2. The summed E-state index contributed by atoms with van der Waals surface area (Å²) < 4.78 is 1.14. The lowest BCUT2D eigenvalue weighted by molar-refractivity contribution is 0.339. The first-order chi connectivity index (χ1) is 11.8. The van der Waals surface area contributed by atoms with Crippen molar-refractivity contribution >= 4 is 32.5 Å². The molecule has 0 saturated heterocycles. The Morgan fingerprint density at radius 1 is 1.04 bits per heavy atom. The quantitative estimate of drug-likeness (QED) is 0.742. The van der Waals surface area contributed by atoms with E-state index >= 15 is 0 Å². The number of amidine groups is 1. The molecule has 0 aromatic heterocycles. The fraction of sp³-hybridized carbons (Fsp3) is 0.476. The van der Waals surface area contributed by atoms with Gasteiger partial charge in [0.15, 0.2) is 0 Å². The van der Waals surface area contributed by atoms with E-state index in [2.05, 4.69) is 56.6 Å². The van der Waals surface area contributed by atoms with Crippen molar-refractivity contribution in [3.8, 4) is 0 Å². The molecule has 0 radical (unpaired) electrons. The van der Waals surface area contributed by atoms with Crippen molar-refractivity contribution in [3.05, 3.63) is 45.9 Å². The van der Waals surface area contributed by atoms with Gasteiger partial charge < -0.3 is 5.32 Å². The van der Waals surface area contributed by atoms with E-state index in [0.717, 1.165) is 29.3 Å². The number of fused-ring (bicyclic) bond motifs is 1. The van der Waals surface area contributed by atoms with Crippen LogP contribution in [0.25, 0.3) is 10.8 Å². The first kappa shape index (κ1) is 16.1. The topological polar surface area (TPSA) is 24.4 Å². The van der Waals surface area contributed by atoms with Gasteiger partial charge in [0.2, 0.25) is 0 Å². The molecule has 0 bridgehead atoms. The molecule has 1 fully saturated rings. The molecule has 0 unspecified atom stereocenters. The molecule has 0 atom stereocenters. The van der Waals surface area contributed by atoms with Gasteiger partial charge in [-0.05, 0) is 53.3 Å². The van der Waals surface area contributed by atoms with E-state index in [0.29, 0.717) is 0 Å². The van der Waals surface area contributed by atoms with Crippen LogP contribution in [0.2, 0.25) is 0 Å². The molecule has 1 saturated carbocycles. The van der Waals surface area contributed by atoms with Crippen LogP contribution in [0, 0.1) is 5.92 Å². The van der Waals surface area contributed by atoms with E-state index in [-0.39, 0.29) is 0 Å². The van der Waals surface area contributed by atoms with Gasteiger partial charge >= 0.3 is 0 Å². The highest BCUT2D eigenvalue weighted by atomic mass is 79.9. The molecule has 2 aromatic carbocycles. The maximum atomic E-state index is 4.68. The molecule has 24 heavy (non-hydrogen) atoms. The predicted molar refractivity (Wildman–Crippen MR) is 106 cm³/mol. The van der Waals surface area contributed by atoms with Crippen LogP contribution in [-0.4, -0.2) is 18.9 Å². The van der Waals surface area contributed by atoms with Crippen LogP contribution in [0.3, 0.4) is 0 Å². The Morgan fingerprint density at radius 3 is 2.71 bits per heavy atom. The number of hydrogen-bond donors (Lipinski definition) is 1. The second-order valence-corrected chi connectivity index (χ2v) is 8.12. The van der Waals surface area contributed by atoms with Crippen molar-refractivity contribution < 1.29 is 0 Å². The number of halogens is 1. The Labute approximate surface area is 152 Å². The van der Waals surface area contributed by atoms with Gasteiger partial charge in [-0.2, -0.15) is 0 Å². The van der Waals surface area contributed by atoms with Gasteiger partial charge in [0.25, 0.3) is 0 Å². The van der Waals surface area contributed by atoms with Crippen molar-refractivity contribution in [2.45, 2.75) is 44.9 Å². The SMILES string of the molecule is Brc1ccc2cc(CCC3CCCCC3)c(C3=NCCN3)cc2c1. The van der Waals surface area contributed by atoms with Crippen LogP contribution in [0.1, 0.15) is 49.7 Å². The van der Waals surface area contributed by atoms with Crippen molar-refractivity contribution in [1.29, 1.82) is 0 Å². The summed E-state index contributed by atoms with van der Waals surface area (Å²) in [5, 5.41) is 6.09. The van der Waals surface area contributed by atoms with Gasteiger partial charge in [-0.3, -0.25) is 4.99 Å². The van der Waals surface area contributed by atoms with Gasteiger partial charge in [-0.1, -0.05) is 60.2 Å². The third kappa shape index (κ3) is 3.51. The van der Waals surface area contributed by atoms with Gasteiger partial charge in [-0.25, -0.2) is 0 Å². The first-order valence-corrected chi connectivity index (χ1v) is 10.1. The van der Waals surface area contributed by atoms with Gasteiger partial charge in [0, 0.05) is 16.6 Å². The molecule has 0 spiro atoms. The Kier molecular flexibility index (Phi) is 4.88. The monoisotopic (exact) mass is 384 g/mol. The average Bonchev–Trinajstić information content (AvgIpc) is 3.14. The fourth-order valence-corrected chi connectivity index (χ4v) is 4.54. The average molecular weight is 385 g/mol. The highest BCUT2D eigenvalue weighted by Gasteiger charge is 2.17. The molecule has 2 aromatic rings. The minimum absolute atomic E-state index is 0.897. The molecule has 3 heteroatoms. The second kappa shape index (κ2) is 7.26. The summed E-state index contributed by atoms with van der Waals surface area (Å²) in [5.74, 6) is 2.02. The fourth-order valence-electron chi connectivity index (χ4n) is 4.16. The van der Waals surface area contributed by atoms with Crippen molar-refractivity contribution in [2.24, 2.45) is 10.9 Å². The Hall–Kier alpha value is -1.35. The minimum Gasteiger partial charge on any atom is -0.368 e. The summed E-state index contributed by atoms with van der Waals surface area (Å²) in [6, 6.07) is 11.3. The molecule has 1 N–H and O–H groups in total. The maximum Gasteiger partial charge on any atom is 0.128 e. The molecule has 4 rings (SSSR count). The van der Waals surface area contributed by atoms with E-state index in [1.807, 2.05) is 0 Å². The molecular formula is C21H25BrN2. The molecule has 1 aliphatic heterocycles. The maximum absolute atomic E-state index is 4.68. The molecule has 126 valence electrons. The summed E-state index contributed by atoms with van der Waals surface area (Å²) >= 11 is 3.60. The minimum atomic E-state index is 0.897. The third-order valence-corrected chi connectivity index (χ3v) is 5.99. The van der Waals surface area contributed by atoms with E-state index in [1.54, 1.807) is 0 Å². The summed E-state index contributed by atoms with van der Waals surface area (Å²) in [5.41, 5.74) is 2.78. The van der Waals surface area contributed by atoms with Gasteiger partial charge in [0.1, 0.15) is 5.84 Å². The Morgan fingerprint density at radius 2 is 1.92 bits per heavy atom. The van der Waals surface area contributed by atoms with Crippen LogP contribution >= 0.6 is 15.9 Å². The zero-order valence-electron chi connectivity index (χ0n) is 14.2. The molecule has 2 aliphatic rings. The number of aliphatic imine (C=N–C) groups is 1. The van der Waals surface area contributed by atoms with E-state index in [4.69, 9.17) is 0 Å². The van der Waals surface area contributed by atoms with Crippen molar-refractivity contribution in [2.75, 3.05) is 13.1 Å². The number of aryl methyl sites for hydroxylation is 1. The van der Waals surface area contributed by atoms with Crippen LogP contribution in [-0.2, 0) is 6.42 Å². The Balaban J connectivity index is 1.65. The zero-order chi connectivity index (χ0) is 16.4. The second-order valence-electron chi connectivity index (χ2n) is 7.20. The number of rotatable bonds is 4. The largest absolute Gasteiger partial charge is 0.368 e. The number of nitrogens with one attached hydrogen (secondary N) is 1. The smallest absolute Gasteiger partial charge is 0.128 e. The van der Waals surface area contributed by atoms with E-state index < -0.39 is 0 Å². The van der Waals surface area contributed by atoms with Crippen LogP contribution in [0.4, 0.5) is 0 Å². The highest BCUT2D eigenvalue weighted by molar-refractivity contribution is 9.10. The van der Waals surface area contributed by atoms with Crippen LogP contribution in [0.5, 0.6) is 0 Å². The number of hydrogen-bond acceptors (Lipinski definition) is 2. The molecule has 1 aliphatic carbocycles. The summed E-state index contributed by atoms with van der Waals surface area (Å²) in [4.78, 5) is 4.68. The molecule has 2 nitrogen and oxygen atoms in total. The summed E-state index contributed by atoms with van der Waals surface area (Å²) in [6.07, 6.45) is 9.64. The first-order valence-electron chi connectivity index (χ1n) is 9.30. The lowest BCUT2D eigenvalue weighted by Crippen LogP contribution is -2.21. The van der Waals surface area contributed by atoms with Crippen molar-refractivity contribution in [3.63, 3.8) is 0 Å². The highest BCUT2D eigenvalue weighted by Crippen LogP contribution is 2.30. The summed E-state index contributed by atoms with van der Waals surface area (Å²) in [6.45, 7) is 1.86. The van der Waals surface area contributed by atoms with Crippen LogP contribution < -0.4 is 5.32 Å². The van der Waals surface area contributed by atoms with Crippen molar-refractivity contribution in [1.82, 2.24) is 5.32 Å². The standard InChI is InChI=1S/C21H25BrN2/c22-19-9-8-16-12-17(7-6-15-4-2-1-3-5-15)20(14-18(16)13-19)21-23-10-11-24-21/h8-9,12-15H,1-7,10-11H2,(H,23,24).